The van der Waals surface area contributed by atoms with Gasteiger partial charge in [-0.25, -0.2) is 0 Å². The van der Waals surface area contributed by atoms with Crippen molar-refractivity contribution in [1.29, 1.82) is 0 Å². The number of hydrogen-bond acceptors (Lipinski definition) is 1. The Hall–Kier alpha value is -1.31. The van der Waals surface area contributed by atoms with Crippen LogP contribution in [0.4, 0.5) is 0 Å². The van der Waals surface area contributed by atoms with Crippen LogP contribution in [0.25, 0.3) is 0 Å². The Morgan fingerprint density at radius 1 is 0.920 bits per heavy atom. The van der Waals surface area contributed by atoms with Gasteiger partial charge in [0.05, 0.1) is 5.41 Å². The van der Waals surface area contributed by atoms with Gasteiger partial charge in [-0.3, -0.25) is 4.79 Å². The zero-order valence-electron chi connectivity index (χ0n) is 15.3. The number of rotatable bonds is 3. The molecule has 1 aliphatic heterocycles. The van der Waals surface area contributed by atoms with Gasteiger partial charge in [-0.2, -0.15) is 0 Å². The van der Waals surface area contributed by atoms with Gasteiger partial charge in [-0.05, 0) is 87.0 Å². The number of likely N-dealkylation sites (tertiary alicyclic amines) is 1. The second kappa shape index (κ2) is 6.14. The lowest BCUT2D eigenvalue weighted by atomic mass is 9.49. The number of amides is 1. The second-order valence-corrected chi connectivity index (χ2v) is 9.62. The molecule has 0 radical (unpaired) electrons. The van der Waals surface area contributed by atoms with Crippen LogP contribution in [0.15, 0.2) is 30.3 Å². The van der Waals surface area contributed by atoms with Gasteiger partial charge in [-0.15, -0.1) is 0 Å². The summed E-state index contributed by atoms with van der Waals surface area (Å²) in [5, 5.41) is 0. The molecule has 5 fully saturated rings. The van der Waals surface area contributed by atoms with Crippen molar-refractivity contribution < 1.29 is 4.79 Å². The molecule has 6 rings (SSSR count). The van der Waals surface area contributed by atoms with Gasteiger partial charge in [0, 0.05) is 13.1 Å². The number of hydrogen-bond donors (Lipinski definition) is 0. The molecule has 2 nitrogen and oxygen atoms in total. The maximum atomic E-state index is 13.4. The topological polar surface area (TPSA) is 20.3 Å². The highest BCUT2D eigenvalue weighted by Crippen LogP contribution is 2.60. The molecule has 4 saturated carbocycles. The Balaban J connectivity index is 1.22. The highest BCUT2D eigenvalue weighted by atomic mass is 16.2. The molecule has 1 aromatic rings. The minimum atomic E-state index is 0.0566. The third kappa shape index (κ3) is 2.92. The van der Waals surface area contributed by atoms with Crippen LogP contribution >= 0.6 is 0 Å². The van der Waals surface area contributed by atoms with Crippen LogP contribution in [0.2, 0.25) is 0 Å². The van der Waals surface area contributed by atoms with E-state index in [1.54, 1.807) is 0 Å². The predicted molar refractivity (Wildman–Crippen MR) is 100 cm³/mol. The lowest BCUT2D eigenvalue weighted by molar-refractivity contribution is -0.159. The number of piperidine rings is 1. The molecule has 134 valence electrons. The SMILES string of the molecule is O=C(N1CCC(Cc2ccccc2)CC1)C12CC3CC(CC(C3)C1)C2. The number of carbonyl (C=O) groups is 1. The van der Waals surface area contributed by atoms with Crippen molar-refractivity contribution in [3.05, 3.63) is 35.9 Å². The molecule has 4 aliphatic carbocycles. The fourth-order valence-corrected chi connectivity index (χ4v) is 7.00. The first-order chi connectivity index (χ1) is 12.2. The van der Waals surface area contributed by atoms with Crippen molar-refractivity contribution in [2.45, 2.75) is 57.8 Å². The number of nitrogens with zero attached hydrogens (tertiary/aromatic N) is 1. The Labute approximate surface area is 152 Å². The minimum Gasteiger partial charge on any atom is -0.342 e. The van der Waals surface area contributed by atoms with Crippen LogP contribution in [-0.4, -0.2) is 23.9 Å². The summed E-state index contributed by atoms with van der Waals surface area (Å²) >= 11 is 0. The van der Waals surface area contributed by atoms with Crippen LogP contribution < -0.4 is 0 Å². The maximum Gasteiger partial charge on any atom is 0.228 e. The average molecular weight is 338 g/mol. The van der Waals surface area contributed by atoms with Gasteiger partial charge in [-0.1, -0.05) is 30.3 Å². The molecule has 1 saturated heterocycles. The zero-order chi connectivity index (χ0) is 16.9. The van der Waals surface area contributed by atoms with Crippen LogP contribution in [0.5, 0.6) is 0 Å². The van der Waals surface area contributed by atoms with Crippen LogP contribution in [0.1, 0.15) is 56.9 Å². The summed E-state index contributed by atoms with van der Waals surface area (Å²) in [5.74, 6) is 3.90. The quantitative estimate of drug-likeness (QED) is 0.784. The van der Waals surface area contributed by atoms with E-state index in [-0.39, 0.29) is 5.41 Å². The van der Waals surface area contributed by atoms with E-state index < -0.39 is 0 Å². The fourth-order valence-electron chi connectivity index (χ4n) is 7.00. The summed E-state index contributed by atoms with van der Waals surface area (Å²) in [7, 11) is 0. The van der Waals surface area contributed by atoms with E-state index in [0.29, 0.717) is 5.91 Å². The normalized spacial score (nSPS) is 37.4. The zero-order valence-corrected chi connectivity index (χ0v) is 15.3. The highest BCUT2D eigenvalue weighted by molar-refractivity contribution is 5.83. The number of carbonyl (C=O) groups excluding carboxylic acids is 1. The third-order valence-corrected chi connectivity index (χ3v) is 7.76. The van der Waals surface area contributed by atoms with E-state index in [4.69, 9.17) is 0 Å². The lowest BCUT2D eigenvalue weighted by Crippen LogP contribution is -2.55. The Bertz CT molecular complexity index is 593. The summed E-state index contributed by atoms with van der Waals surface area (Å²) in [6.45, 7) is 2.00. The first-order valence-corrected chi connectivity index (χ1v) is 10.5. The molecule has 0 aromatic heterocycles. The van der Waals surface area contributed by atoms with E-state index in [2.05, 4.69) is 35.2 Å². The first-order valence-electron chi connectivity index (χ1n) is 10.5. The summed E-state index contributed by atoms with van der Waals surface area (Å²) < 4.78 is 0. The van der Waals surface area contributed by atoms with Crippen molar-refractivity contribution in [3.8, 4) is 0 Å². The standard InChI is InChI=1S/C23H31NO/c25-22(23-14-19-11-20(15-23)13-21(12-19)16-23)24-8-6-18(7-9-24)10-17-4-2-1-3-5-17/h1-5,18-21H,6-16H2. The van der Waals surface area contributed by atoms with Gasteiger partial charge in [0.1, 0.15) is 0 Å². The van der Waals surface area contributed by atoms with Gasteiger partial charge in [0.15, 0.2) is 0 Å². The molecule has 1 aromatic carbocycles. The van der Waals surface area contributed by atoms with Crippen molar-refractivity contribution in [2.24, 2.45) is 29.1 Å². The maximum absolute atomic E-state index is 13.4. The summed E-state index contributed by atoms with van der Waals surface area (Å²) in [6.07, 6.45) is 11.5. The second-order valence-electron chi connectivity index (χ2n) is 9.62. The molecule has 1 amide bonds. The average Bonchev–Trinajstić information content (AvgIpc) is 2.61. The van der Waals surface area contributed by atoms with Crippen LogP contribution in [-0.2, 0) is 11.2 Å². The molecule has 0 N–H and O–H groups in total. The molecule has 4 bridgehead atoms. The lowest BCUT2D eigenvalue weighted by Gasteiger charge is -2.57. The smallest absolute Gasteiger partial charge is 0.228 e. The molecular weight excluding hydrogens is 306 g/mol. The van der Waals surface area contributed by atoms with Crippen molar-refractivity contribution in [2.75, 3.05) is 13.1 Å². The van der Waals surface area contributed by atoms with Gasteiger partial charge in [0.2, 0.25) is 5.91 Å². The predicted octanol–water partition coefficient (Wildman–Crippen LogP) is 4.68. The van der Waals surface area contributed by atoms with E-state index in [0.717, 1.165) is 36.8 Å². The molecule has 2 heteroatoms. The molecule has 25 heavy (non-hydrogen) atoms. The Morgan fingerprint density at radius 3 is 2.04 bits per heavy atom. The molecule has 0 atom stereocenters. The van der Waals surface area contributed by atoms with Crippen LogP contribution in [0.3, 0.4) is 0 Å². The van der Waals surface area contributed by atoms with E-state index in [1.165, 1.54) is 63.4 Å². The van der Waals surface area contributed by atoms with Gasteiger partial charge < -0.3 is 4.90 Å². The van der Waals surface area contributed by atoms with Crippen LogP contribution in [0, 0.1) is 29.1 Å². The Kier molecular flexibility index (Phi) is 3.91. The minimum absolute atomic E-state index is 0.0566. The highest BCUT2D eigenvalue weighted by Gasteiger charge is 2.55. The molecule has 0 unspecified atom stereocenters. The molecule has 0 spiro atoms. The monoisotopic (exact) mass is 337 g/mol. The summed E-state index contributed by atoms with van der Waals surface area (Å²) in [4.78, 5) is 15.7. The molecule has 5 aliphatic rings. The van der Waals surface area contributed by atoms with Crippen molar-refractivity contribution in [3.63, 3.8) is 0 Å². The van der Waals surface area contributed by atoms with E-state index >= 15 is 0 Å². The third-order valence-electron chi connectivity index (χ3n) is 7.76. The largest absolute Gasteiger partial charge is 0.342 e. The van der Waals surface area contributed by atoms with Gasteiger partial charge in [0.25, 0.3) is 0 Å². The number of benzene rings is 1. The van der Waals surface area contributed by atoms with E-state index in [9.17, 15) is 4.79 Å². The first kappa shape index (κ1) is 15.9. The fraction of sp³-hybridized carbons (Fsp3) is 0.696. The van der Waals surface area contributed by atoms with Crippen molar-refractivity contribution in [1.82, 2.24) is 4.90 Å². The van der Waals surface area contributed by atoms with Gasteiger partial charge >= 0.3 is 0 Å². The summed E-state index contributed by atoms with van der Waals surface area (Å²) in [5.41, 5.74) is 1.51. The molecule has 1 heterocycles. The molecular formula is C23H31NO. The Morgan fingerprint density at radius 2 is 1.48 bits per heavy atom. The van der Waals surface area contributed by atoms with Crippen molar-refractivity contribution >= 4 is 5.91 Å². The summed E-state index contributed by atoms with van der Waals surface area (Å²) in [6, 6.07) is 10.9. The van der Waals surface area contributed by atoms with E-state index in [1.807, 2.05) is 0 Å².